The summed E-state index contributed by atoms with van der Waals surface area (Å²) < 4.78 is 4.97. The van der Waals surface area contributed by atoms with E-state index in [1.807, 2.05) is 7.05 Å². The molecule has 0 heterocycles. The summed E-state index contributed by atoms with van der Waals surface area (Å²) >= 11 is 5.83. The lowest BCUT2D eigenvalue weighted by molar-refractivity contribution is -0.383. The fourth-order valence-electron chi connectivity index (χ4n) is 1.58. The van der Waals surface area contributed by atoms with Crippen molar-refractivity contribution in [2.45, 2.75) is 0 Å². The van der Waals surface area contributed by atoms with E-state index in [-0.39, 0.29) is 10.7 Å². The maximum atomic E-state index is 10.9. The van der Waals surface area contributed by atoms with Gasteiger partial charge in [0.1, 0.15) is 10.7 Å². The Hall–Kier alpha value is -1.37. The highest BCUT2D eigenvalue weighted by Crippen LogP contribution is 2.31. The zero-order valence-corrected chi connectivity index (χ0v) is 11.8. The number of anilines is 1. The molecule has 0 amide bonds. The number of rotatable bonds is 8. The Kier molecular flexibility index (Phi) is 6.55. The van der Waals surface area contributed by atoms with Crippen LogP contribution in [0, 0.1) is 10.1 Å². The minimum atomic E-state index is -0.473. The first-order valence-corrected chi connectivity index (χ1v) is 6.28. The number of benzene rings is 1. The number of halogens is 1. The van der Waals surface area contributed by atoms with Crippen LogP contribution in [0.5, 0.6) is 0 Å². The third-order valence-corrected chi connectivity index (χ3v) is 2.96. The molecule has 106 valence electrons. The number of nitro groups is 1. The first kappa shape index (κ1) is 15.7. The van der Waals surface area contributed by atoms with Crippen molar-refractivity contribution < 1.29 is 9.66 Å². The third kappa shape index (κ3) is 5.02. The topological polar surface area (TPSA) is 67.6 Å². The van der Waals surface area contributed by atoms with Crippen LogP contribution in [-0.4, -0.2) is 50.2 Å². The highest BCUT2D eigenvalue weighted by atomic mass is 35.5. The quantitative estimate of drug-likeness (QED) is 0.587. The van der Waals surface area contributed by atoms with Crippen LogP contribution in [0.2, 0.25) is 5.02 Å². The van der Waals surface area contributed by atoms with Gasteiger partial charge in [-0.25, -0.2) is 0 Å². The van der Waals surface area contributed by atoms with Crippen molar-refractivity contribution in [3.8, 4) is 0 Å². The number of likely N-dealkylation sites (N-methyl/N-ethyl adjacent to an activating group) is 1. The maximum absolute atomic E-state index is 10.9. The molecule has 0 radical (unpaired) electrons. The normalized spacial score (nSPS) is 10.7. The Balaban J connectivity index is 2.54. The predicted octanol–water partition coefficient (Wildman–Crippen LogP) is 2.24. The van der Waals surface area contributed by atoms with E-state index in [2.05, 4.69) is 10.2 Å². The molecule has 19 heavy (non-hydrogen) atoms. The molecule has 0 atom stereocenters. The number of para-hydroxylation sites is 1. The summed E-state index contributed by atoms with van der Waals surface area (Å²) in [5.74, 6) is 0. The van der Waals surface area contributed by atoms with Gasteiger partial charge in [0.15, 0.2) is 0 Å². The molecular weight excluding hydrogens is 270 g/mol. The van der Waals surface area contributed by atoms with Crippen molar-refractivity contribution in [3.63, 3.8) is 0 Å². The summed E-state index contributed by atoms with van der Waals surface area (Å²) in [5, 5.41) is 14.1. The van der Waals surface area contributed by atoms with Crippen LogP contribution < -0.4 is 5.32 Å². The smallest absolute Gasteiger partial charge is 0.310 e. The minimum absolute atomic E-state index is 0.0799. The van der Waals surface area contributed by atoms with E-state index in [0.717, 1.165) is 13.1 Å². The first-order valence-electron chi connectivity index (χ1n) is 5.90. The number of nitrogens with zero attached hydrogens (tertiary/aromatic N) is 2. The van der Waals surface area contributed by atoms with Gasteiger partial charge < -0.3 is 15.0 Å². The average Bonchev–Trinajstić information content (AvgIpc) is 2.36. The third-order valence-electron chi connectivity index (χ3n) is 2.66. The Bertz CT molecular complexity index is 429. The molecule has 0 aliphatic heterocycles. The second-order valence-electron chi connectivity index (χ2n) is 4.12. The SMILES string of the molecule is COCCN(C)CCNc1cccc(Cl)c1[N+](=O)[O-]. The van der Waals surface area contributed by atoms with Crippen molar-refractivity contribution in [2.24, 2.45) is 0 Å². The number of hydrogen-bond donors (Lipinski definition) is 1. The largest absolute Gasteiger partial charge is 0.383 e. The lowest BCUT2D eigenvalue weighted by Gasteiger charge is -2.16. The molecular formula is C12H18ClN3O3. The summed E-state index contributed by atoms with van der Waals surface area (Å²) in [6, 6.07) is 4.85. The van der Waals surface area contributed by atoms with E-state index < -0.39 is 4.92 Å². The van der Waals surface area contributed by atoms with Crippen LogP contribution >= 0.6 is 11.6 Å². The summed E-state index contributed by atoms with van der Waals surface area (Å²) in [6.45, 7) is 2.83. The molecule has 0 aliphatic rings. The van der Waals surface area contributed by atoms with Gasteiger partial charge in [0.05, 0.1) is 11.5 Å². The minimum Gasteiger partial charge on any atom is -0.383 e. The van der Waals surface area contributed by atoms with Crippen molar-refractivity contribution in [3.05, 3.63) is 33.3 Å². The van der Waals surface area contributed by atoms with Gasteiger partial charge in [-0.15, -0.1) is 0 Å². The Morgan fingerprint density at radius 3 is 2.84 bits per heavy atom. The lowest BCUT2D eigenvalue weighted by Crippen LogP contribution is -2.28. The van der Waals surface area contributed by atoms with E-state index in [9.17, 15) is 10.1 Å². The monoisotopic (exact) mass is 287 g/mol. The maximum Gasteiger partial charge on any atom is 0.310 e. The van der Waals surface area contributed by atoms with Crippen molar-refractivity contribution >= 4 is 23.0 Å². The molecule has 1 N–H and O–H groups in total. The summed E-state index contributed by atoms with van der Waals surface area (Å²) in [7, 11) is 3.62. The van der Waals surface area contributed by atoms with Gasteiger partial charge in [0.25, 0.3) is 0 Å². The highest BCUT2D eigenvalue weighted by molar-refractivity contribution is 6.33. The molecule has 0 unspecified atom stereocenters. The molecule has 0 saturated heterocycles. The molecule has 0 aliphatic carbocycles. The number of ether oxygens (including phenoxy) is 1. The molecule has 0 spiro atoms. The van der Waals surface area contributed by atoms with Crippen molar-refractivity contribution in [1.82, 2.24) is 4.90 Å². The zero-order chi connectivity index (χ0) is 14.3. The number of nitrogens with one attached hydrogen (secondary N) is 1. The van der Waals surface area contributed by atoms with E-state index in [1.165, 1.54) is 6.07 Å². The van der Waals surface area contributed by atoms with Gasteiger partial charge in [-0.05, 0) is 19.2 Å². The fraction of sp³-hybridized carbons (Fsp3) is 0.500. The standard InChI is InChI=1S/C12H18ClN3O3/c1-15(8-9-19-2)7-6-14-11-5-3-4-10(13)12(11)16(17)18/h3-5,14H,6-9H2,1-2H3. The summed E-state index contributed by atoms with van der Waals surface area (Å²) in [6.07, 6.45) is 0. The van der Waals surface area contributed by atoms with E-state index in [1.54, 1.807) is 19.2 Å². The predicted molar refractivity (Wildman–Crippen MR) is 76.0 cm³/mol. The summed E-state index contributed by atoms with van der Waals surface area (Å²) in [4.78, 5) is 12.5. The van der Waals surface area contributed by atoms with Gasteiger partial charge in [0.2, 0.25) is 0 Å². The molecule has 1 aromatic carbocycles. The Morgan fingerprint density at radius 2 is 2.21 bits per heavy atom. The second kappa shape index (κ2) is 7.93. The highest BCUT2D eigenvalue weighted by Gasteiger charge is 2.17. The van der Waals surface area contributed by atoms with Crippen molar-refractivity contribution in [2.75, 3.05) is 45.7 Å². The number of methoxy groups -OCH3 is 1. The zero-order valence-electron chi connectivity index (χ0n) is 11.1. The van der Waals surface area contributed by atoms with Gasteiger partial charge in [-0.1, -0.05) is 17.7 Å². The van der Waals surface area contributed by atoms with Crippen LogP contribution in [-0.2, 0) is 4.74 Å². The van der Waals surface area contributed by atoms with Crippen molar-refractivity contribution in [1.29, 1.82) is 0 Å². The van der Waals surface area contributed by atoms with Gasteiger partial charge in [0, 0.05) is 26.7 Å². The molecule has 0 bridgehead atoms. The van der Waals surface area contributed by atoms with Crippen LogP contribution in [0.1, 0.15) is 0 Å². The molecule has 0 saturated carbocycles. The molecule has 6 nitrogen and oxygen atoms in total. The van der Waals surface area contributed by atoms with Crippen LogP contribution in [0.4, 0.5) is 11.4 Å². The Morgan fingerprint density at radius 1 is 1.47 bits per heavy atom. The average molecular weight is 288 g/mol. The van der Waals surface area contributed by atoms with Gasteiger partial charge >= 0.3 is 5.69 Å². The molecule has 0 aromatic heterocycles. The number of hydrogen-bond acceptors (Lipinski definition) is 5. The van der Waals surface area contributed by atoms with Crippen LogP contribution in [0.15, 0.2) is 18.2 Å². The van der Waals surface area contributed by atoms with Crippen LogP contribution in [0.25, 0.3) is 0 Å². The van der Waals surface area contributed by atoms with E-state index in [0.29, 0.717) is 18.8 Å². The van der Waals surface area contributed by atoms with E-state index in [4.69, 9.17) is 16.3 Å². The summed E-state index contributed by atoms with van der Waals surface area (Å²) in [5.41, 5.74) is 0.362. The molecule has 1 aromatic rings. The van der Waals surface area contributed by atoms with E-state index >= 15 is 0 Å². The fourth-order valence-corrected chi connectivity index (χ4v) is 1.83. The van der Waals surface area contributed by atoms with Gasteiger partial charge in [-0.2, -0.15) is 0 Å². The second-order valence-corrected chi connectivity index (χ2v) is 4.52. The Labute approximate surface area is 117 Å². The first-order chi connectivity index (χ1) is 9.06. The van der Waals surface area contributed by atoms with Gasteiger partial charge in [-0.3, -0.25) is 10.1 Å². The molecule has 7 heteroatoms. The van der Waals surface area contributed by atoms with Crippen LogP contribution in [0.3, 0.4) is 0 Å². The lowest BCUT2D eigenvalue weighted by atomic mass is 10.2. The molecule has 1 rings (SSSR count). The molecule has 0 fully saturated rings. The number of nitro benzene ring substituents is 1.